The Labute approximate surface area is 263 Å². The Bertz CT molecular complexity index is 1350. The third-order valence-corrected chi connectivity index (χ3v) is 7.52. The molecule has 0 spiro atoms. The highest BCUT2D eigenvalue weighted by molar-refractivity contribution is 6.08. The van der Waals surface area contributed by atoms with Crippen molar-refractivity contribution >= 4 is 17.7 Å². The molecular formula is C32H42N6O7. The predicted octanol–water partition coefficient (Wildman–Crippen LogP) is 0.867. The summed E-state index contributed by atoms with van der Waals surface area (Å²) in [5, 5.41) is 1.17. The lowest BCUT2D eigenvalue weighted by molar-refractivity contribution is -0.283. The van der Waals surface area contributed by atoms with Gasteiger partial charge in [-0.15, -0.1) is 5.17 Å². The molecule has 2 aliphatic heterocycles. The van der Waals surface area contributed by atoms with Gasteiger partial charge in [0.2, 0.25) is 0 Å². The molecule has 0 radical (unpaired) electrons. The van der Waals surface area contributed by atoms with Gasteiger partial charge in [0.15, 0.2) is 12.3 Å². The zero-order valence-corrected chi connectivity index (χ0v) is 26.0. The number of carbonyl (C=O) groups is 3. The Balaban J connectivity index is 1.33. The van der Waals surface area contributed by atoms with Crippen LogP contribution in [0.1, 0.15) is 46.3 Å². The van der Waals surface area contributed by atoms with Crippen molar-refractivity contribution < 1.29 is 33.4 Å². The molecule has 45 heavy (non-hydrogen) atoms. The summed E-state index contributed by atoms with van der Waals surface area (Å²) in [5.74, 6) is 15.3. The Morgan fingerprint density at radius 1 is 0.956 bits per heavy atom. The van der Waals surface area contributed by atoms with E-state index in [1.165, 1.54) is 19.7 Å². The van der Waals surface area contributed by atoms with Crippen molar-refractivity contribution in [3.8, 4) is 11.8 Å². The number of nitrogens with zero attached hydrogens (tertiary/aromatic N) is 4. The van der Waals surface area contributed by atoms with Crippen LogP contribution in [0.2, 0.25) is 0 Å². The van der Waals surface area contributed by atoms with Gasteiger partial charge in [-0.3, -0.25) is 24.3 Å². The van der Waals surface area contributed by atoms with E-state index in [1.807, 2.05) is 12.1 Å². The summed E-state index contributed by atoms with van der Waals surface area (Å²) in [6, 6.07) is 13.0. The fourth-order valence-electron chi connectivity index (χ4n) is 4.89. The van der Waals surface area contributed by atoms with Crippen LogP contribution in [0.25, 0.3) is 0 Å². The molecule has 0 saturated carbocycles. The zero-order chi connectivity index (χ0) is 32.3. The highest BCUT2D eigenvalue weighted by Crippen LogP contribution is 2.18. The Hall–Kier alpha value is -3.87. The summed E-state index contributed by atoms with van der Waals surface area (Å²) >= 11 is 0. The standard InChI is InChI=1S/C32H42N6O7/c1-35(29(31(40)36(2)33)32(41)38(34)45-28-6-4-5-17-44-28)30(39)26-15-13-24(14-16-26)8-7-23-9-11-25(12-10-23)20-37-21-27(22-37)43-19-18-42-3/h9-16,27-29H,4-6,17-22,33-34H2,1-3H3/t28?,29-/m0/s1. The first-order valence-corrected chi connectivity index (χ1v) is 14.9. The van der Waals surface area contributed by atoms with Crippen LogP contribution in [0.15, 0.2) is 48.5 Å². The fourth-order valence-corrected chi connectivity index (χ4v) is 4.89. The number of hydroxylamine groups is 1. The Kier molecular flexibility index (Phi) is 12.4. The van der Waals surface area contributed by atoms with Crippen LogP contribution in [0.3, 0.4) is 0 Å². The first kappa shape index (κ1) is 34.0. The van der Waals surface area contributed by atoms with Gasteiger partial charge in [0.05, 0.1) is 19.3 Å². The number of amides is 3. The molecule has 2 atom stereocenters. The summed E-state index contributed by atoms with van der Waals surface area (Å²) in [7, 11) is 4.27. The number of ether oxygens (including phenoxy) is 3. The lowest BCUT2D eigenvalue weighted by Crippen LogP contribution is -2.60. The van der Waals surface area contributed by atoms with Crippen LogP contribution in [0.5, 0.6) is 0 Å². The number of nitrogens with two attached hydrogens (primary N) is 2. The summed E-state index contributed by atoms with van der Waals surface area (Å²) in [5.41, 5.74) is 3.00. The molecule has 0 aromatic heterocycles. The lowest BCUT2D eigenvalue weighted by Gasteiger charge is -2.38. The zero-order valence-electron chi connectivity index (χ0n) is 26.0. The topological polar surface area (TPSA) is 153 Å². The number of carbonyl (C=O) groups excluding carboxylic acids is 3. The second kappa shape index (κ2) is 16.4. The number of likely N-dealkylation sites (N-methyl/N-ethyl adjacent to an activating group) is 2. The number of hydrazine groups is 2. The molecule has 4 N–H and O–H groups in total. The molecular weight excluding hydrogens is 580 g/mol. The van der Waals surface area contributed by atoms with Crippen LogP contribution in [-0.4, -0.2) is 110 Å². The predicted molar refractivity (Wildman–Crippen MR) is 164 cm³/mol. The molecule has 0 bridgehead atoms. The molecule has 2 aliphatic rings. The quantitative estimate of drug-likeness (QED) is 0.0871. The summed E-state index contributed by atoms with van der Waals surface area (Å²) < 4.78 is 16.2. The second-order valence-corrected chi connectivity index (χ2v) is 11.0. The maximum absolute atomic E-state index is 13.3. The number of hydrogen-bond donors (Lipinski definition) is 2. The largest absolute Gasteiger partial charge is 0.382 e. The molecule has 4 rings (SSSR count). The van der Waals surface area contributed by atoms with E-state index in [2.05, 4.69) is 28.9 Å². The maximum Gasteiger partial charge on any atom is 0.293 e. The molecule has 2 fully saturated rings. The number of likely N-dealkylation sites (tertiary alicyclic amines) is 1. The van der Waals surface area contributed by atoms with Gasteiger partial charge in [0.1, 0.15) is 0 Å². The van der Waals surface area contributed by atoms with Crippen LogP contribution in [0.4, 0.5) is 0 Å². The normalized spacial score (nSPS) is 17.4. The van der Waals surface area contributed by atoms with Gasteiger partial charge < -0.3 is 19.1 Å². The maximum atomic E-state index is 13.3. The molecule has 2 aromatic carbocycles. The molecule has 242 valence electrons. The first-order valence-electron chi connectivity index (χ1n) is 14.9. The van der Waals surface area contributed by atoms with Gasteiger partial charge in [0, 0.05) is 70.6 Å². The average Bonchev–Trinajstić information content (AvgIpc) is 3.03. The number of hydrogen-bond acceptors (Lipinski definition) is 10. The Morgan fingerprint density at radius 3 is 2.18 bits per heavy atom. The average molecular weight is 623 g/mol. The summed E-state index contributed by atoms with van der Waals surface area (Å²) in [6.07, 6.45) is 1.80. The van der Waals surface area contributed by atoms with Gasteiger partial charge in [-0.25, -0.2) is 16.5 Å². The summed E-state index contributed by atoms with van der Waals surface area (Å²) in [4.78, 5) is 48.0. The van der Waals surface area contributed by atoms with Gasteiger partial charge in [-0.2, -0.15) is 0 Å². The third kappa shape index (κ3) is 9.56. The molecule has 2 aromatic rings. The van der Waals surface area contributed by atoms with E-state index in [0.29, 0.717) is 37.0 Å². The fraction of sp³-hybridized carbons (Fsp3) is 0.469. The lowest BCUT2D eigenvalue weighted by atomic mass is 10.1. The molecule has 1 unspecified atom stereocenters. The van der Waals surface area contributed by atoms with Crippen molar-refractivity contribution in [2.24, 2.45) is 11.7 Å². The highest BCUT2D eigenvalue weighted by atomic mass is 16.8. The van der Waals surface area contributed by atoms with E-state index >= 15 is 0 Å². The molecule has 13 nitrogen and oxygen atoms in total. The molecule has 2 saturated heterocycles. The SMILES string of the molecule is COCCOC1CN(Cc2ccc(C#Cc3ccc(C(=O)N(C)[C@@H](C(=O)N(C)N)C(=O)N(N)OC4CCCCO4)cc3)cc2)C1. The minimum absolute atomic E-state index is 0.245. The van der Waals surface area contributed by atoms with Crippen molar-refractivity contribution in [3.63, 3.8) is 0 Å². The molecule has 2 heterocycles. The second-order valence-electron chi connectivity index (χ2n) is 11.0. The number of benzene rings is 2. The minimum Gasteiger partial charge on any atom is -0.382 e. The van der Waals surface area contributed by atoms with Crippen LogP contribution < -0.4 is 11.7 Å². The van der Waals surface area contributed by atoms with Crippen molar-refractivity contribution in [2.45, 2.75) is 44.2 Å². The molecule has 13 heteroatoms. The van der Waals surface area contributed by atoms with E-state index in [0.717, 1.165) is 47.9 Å². The van der Waals surface area contributed by atoms with Crippen molar-refractivity contribution in [2.75, 3.05) is 54.1 Å². The van der Waals surface area contributed by atoms with Crippen LogP contribution in [-0.2, 0) is 35.2 Å². The molecule has 3 amide bonds. The number of rotatable bonds is 12. The van der Waals surface area contributed by atoms with E-state index in [9.17, 15) is 14.4 Å². The van der Waals surface area contributed by atoms with Crippen molar-refractivity contribution in [1.29, 1.82) is 0 Å². The highest BCUT2D eigenvalue weighted by Gasteiger charge is 2.39. The van der Waals surface area contributed by atoms with Gasteiger partial charge in [-0.05, 0) is 54.8 Å². The van der Waals surface area contributed by atoms with Crippen LogP contribution in [0, 0.1) is 11.8 Å². The van der Waals surface area contributed by atoms with Crippen LogP contribution >= 0.6 is 0 Å². The Morgan fingerprint density at radius 2 is 1.60 bits per heavy atom. The van der Waals surface area contributed by atoms with Gasteiger partial charge in [-0.1, -0.05) is 24.0 Å². The monoisotopic (exact) mass is 622 g/mol. The van der Waals surface area contributed by atoms with Crippen molar-refractivity contribution in [3.05, 3.63) is 70.8 Å². The van der Waals surface area contributed by atoms with E-state index in [1.54, 1.807) is 31.4 Å². The molecule has 0 aliphatic carbocycles. The van der Waals surface area contributed by atoms with E-state index < -0.39 is 30.1 Å². The van der Waals surface area contributed by atoms with Gasteiger partial charge >= 0.3 is 0 Å². The minimum atomic E-state index is -1.65. The van der Waals surface area contributed by atoms with E-state index in [-0.39, 0.29) is 11.7 Å². The first-order chi connectivity index (χ1) is 21.7. The number of methoxy groups -OCH3 is 1. The summed E-state index contributed by atoms with van der Waals surface area (Å²) in [6.45, 7) is 4.37. The third-order valence-electron chi connectivity index (χ3n) is 7.52. The van der Waals surface area contributed by atoms with Gasteiger partial charge in [0.25, 0.3) is 17.7 Å². The van der Waals surface area contributed by atoms with Crippen molar-refractivity contribution in [1.82, 2.24) is 20.0 Å². The smallest absolute Gasteiger partial charge is 0.293 e. The van der Waals surface area contributed by atoms with E-state index in [4.69, 9.17) is 30.7 Å².